The topological polar surface area (TPSA) is 103 Å². The zero-order chi connectivity index (χ0) is 24.4. The Balaban J connectivity index is 0.00000342. The second kappa shape index (κ2) is 10.7. The Labute approximate surface area is 215 Å². The molecule has 0 saturated heterocycles. The summed E-state index contributed by atoms with van der Waals surface area (Å²) >= 11 is 0. The third kappa shape index (κ3) is 4.51. The molecule has 0 amide bonds. The van der Waals surface area contributed by atoms with Crippen LogP contribution in [0.4, 0.5) is 5.69 Å². The van der Waals surface area contributed by atoms with Crippen LogP contribution in [-0.4, -0.2) is 41.3 Å². The fraction of sp³-hybridized carbons (Fsp3) is 0.192. The predicted molar refractivity (Wildman–Crippen MR) is 130 cm³/mol. The zero-order valence-corrected chi connectivity index (χ0v) is 20.6. The molecular weight excluding hydrogens is 443 g/mol. The molecule has 2 N–H and O–H groups in total. The van der Waals surface area contributed by atoms with Crippen LogP contribution in [0.25, 0.3) is 22.0 Å². The molecule has 9 heteroatoms. The van der Waals surface area contributed by atoms with Crippen molar-refractivity contribution in [3.8, 4) is 39.9 Å². The van der Waals surface area contributed by atoms with Crippen LogP contribution in [0.15, 0.2) is 48.5 Å². The minimum absolute atomic E-state index is 0. The van der Waals surface area contributed by atoms with Gasteiger partial charge in [-0.15, -0.1) is 5.52 Å². The molecule has 1 aromatic heterocycles. The van der Waals surface area contributed by atoms with Gasteiger partial charge in [-0.1, -0.05) is 23.9 Å². The van der Waals surface area contributed by atoms with Crippen LogP contribution in [0.1, 0.15) is 16.1 Å². The molecule has 0 radical (unpaired) electrons. The summed E-state index contributed by atoms with van der Waals surface area (Å²) in [5.41, 5.74) is 9.16. The third-order valence-corrected chi connectivity index (χ3v) is 5.60. The molecule has 0 aliphatic carbocycles. The number of carbonyl (C=O) groups excluding carboxylic acids is 1. The van der Waals surface area contributed by atoms with Crippen molar-refractivity contribution in [1.82, 2.24) is 4.98 Å². The number of hydrogen-bond donors (Lipinski definition) is 1. The van der Waals surface area contributed by atoms with Crippen molar-refractivity contribution in [2.75, 3.05) is 41.3 Å². The number of nitrogen functional groups attached to an aromatic ring is 1. The average molecular weight is 468 g/mol. The molecule has 0 saturated carbocycles. The number of ketones is 1. The van der Waals surface area contributed by atoms with E-state index in [9.17, 15) is 4.79 Å². The maximum absolute atomic E-state index is 13.8. The number of benzene rings is 3. The van der Waals surface area contributed by atoms with Gasteiger partial charge in [0.15, 0.2) is 17.3 Å². The Morgan fingerprint density at radius 2 is 1.40 bits per heavy atom. The maximum Gasteiger partial charge on any atom is 1.00 e. The minimum Gasteiger partial charge on any atom is -0.654 e. The van der Waals surface area contributed by atoms with Crippen molar-refractivity contribution in [2.45, 2.75) is 0 Å². The summed E-state index contributed by atoms with van der Waals surface area (Å²) < 4.78 is 27.1. The molecular formula is C26H25LiN2O6. The number of carbonyl (C=O) groups is 1. The number of fused-ring (bicyclic) bond motifs is 1. The molecule has 0 bridgehead atoms. The van der Waals surface area contributed by atoms with Gasteiger partial charge in [0.05, 0.1) is 41.2 Å². The summed E-state index contributed by atoms with van der Waals surface area (Å²) in [5.74, 6) is 1.95. The van der Waals surface area contributed by atoms with E-state index in [-0.39, 0.29) is 30.3 Å². The second-order valence-corrected chi connectivity index (χ2v) is 7.39. The largest absolute Gasteiger partial charge is 1.00 e. The number of ether oxygens (including phenoxy) is 5. The standard InChI is InChI=1S/C26H26N2O6.Li/c1-30-18-10-9-14(11-16(18)27)22-23-17(7-6-8-19(23)31-2)28-24(22)25(29)15-12-20(32-3)26(34-5)21(13-15)33-4;/h6-13H,27H2,1-5H3,(H,28,29);/q;+1/p-1. The average Bonchev–Trinajstić information content (AvgIpc) is 3.26. The van der Waals surface area contributed by atoms with Gasteiger partial charge in [-0.25, -0.2) is 0 Å². The Bertz CT molecular complexity index is 1360. The molecule has 4 aromatic rings. The van der Waals surface area contributed by atoms with E-state index in [1.54, 1.807) is 38.5 Å². The molecule has 0 unspecified atom stereocenters. The Morgan fingerprint density at radius 1 is 0.771 bits per heavy atom. The Kier molecular flexibility index (Phi) is 7.90. The van der Waals surface area contributed by atoms with E-state index >= 15 is 0 Å². The fourth-order valence-corrected chi connectivity index (χ4v) is 4.01. The van der Waals surface area contributed by atoms with Crippen molar-refractivity contribution < 1.29 is 47.3 Å². The molecule has 8 nitrogen and oxygen atoms in total. The molecule has 35 heavy (non-hydrogen) atoms. The fourth-order valence-electron chi connectivity index (χ4n) is 4.01. The summed E-state index contributed by atoms with van der Waals surface area (Å²) in [7, 11) is 7.63. The molecule has 0 aliphatic rings. The van der Waals surface area contributed by atoms with Crippen LogP contribution in [0.3, 0.4) is 0 Å². The minimum atomic E-state index is -0.318. The molecule has 0 aliphatic heterocycles. The molecule has 0 fully saturated rings. The van der Waals surface area contributed by atoms with Crippen molar-refractivity contribution in [3.05, 3.63) is 59.8 Å². The van der Waals surface area contributed by atoms with E-state index in [1.165, 1.54) is 21.3 Å². The molecule has 4 rings (SSSR count). The van der Waals surface area contributed by atoms with Crippen LogP contribution in [-0.2, 0) is 0 Å². The smallest absolute Gasteiger partial charge is 0.654 e. The number of nitrogens with zero attached hydrogens (tertiary/aromatic N) is 1. The normalized spacial score (nSPS) is 10.4. The Morgan fingerprint density at radius 3 is 1.94 bits per heavy atom. The van der Waals surface area contributed by atoms with Crippen LogP contribution < -0.4 is 53.3 Å². The first-order chi connectivity index (χ1) is 16.5. The van der Waals surface area contributed by atoms with Crippen LogP contribution >= 0.6 is 0 Å². The number of hydrogen-bond acceptors (Lipinski definition) is 7. The van der Waals surface area contributed by atoms with E-state index in [0.717, 1.165) is 0 Å². The van der Waals surface area contributed by atoms with Crippen LogP contribution in [0.2, 0.25) is 0 Å². The number of anilines is 1. The van der Waals surface area contributed by atoms with Gasteiger partial charge in [0.2, 0.25) is 5.75 Å². The van der Waals surface area contributed by atoms with Gasteiger partial charge in [0.25, 0.3) is 0 Å². The van der Waals surface area contributed by atoms with Crippen molar-refractivity contribution in [1.29, 1.82) is 0 Å². The monoisotopic (exact) mass is 468 g/mol. The number of aromatic nitrogens is 1. The second-order valence-electron chi connectivity index (χ2n) is 7.39. The van der Waals surface area contributed by atoms with E-state index < -0.39 is 0 Å². The van der Waals surface area contributed by atoms with E-state index in [2.05, 4.69) is 4.98 Å². The number of nitrogens with two attached hydrogens (primary N) is 1. The number of rotatable bonds is 8. The first kappa shape index (κ1) is 25.9. The SMILES string of the molecule is COc1ccc(-c2c(C(=O)c3cc(OC)c(OC)c(OC)c3)[n-]c3cccc(OC)c23)cc1N.[Li+]. The summed E-state index contributed by atoms with van der Waals surface area (Å²) in [4.78, 5) is 18.5. The predicted octanol–water partition coefficient (Wildman–Crippen LogP) is 1.32. The van der Waals surface area contributed by atoms with Crippen molar-refractivity contribution in [2.24, 2.45) is 0 Å². The van der Waals surface area contributed by atoms with Gasteiger partial charge in [0, 0.05) is 10.9 Å². The van der Waals surface area contributed by atoms with Gasteiger partial charge in [-0.2, -0.15) is 0 Å². The quantitative estimate of drug-likeness (QED) is 0.235. The molecule has 1 heterocycles. The first-order valence-corrected chi connectivity index (χ1v) is 10.4. The summed E-state index contributed by atoms with van der Waals surface area (Å²) in [6, 6.07) is 14.0. The van der Waals surface area contributed by atoms with Crippen LogP contribution in [0, 0.1) is 0 Å². The van der Waals surface area contributed by atoms with E-state index in [0.29, 0.717) is 62.0 Å². The van der Waals surface area contributed by atoms with E-state index in [4.69, 9.17) is 29.4 Å². The molecule has 176 valence electrons. The first-order valence-electron chi connectivity index (χ1n) is 10.4. The third-order valence-electron chi connectivity index (χ3n) is 5.60. The zero-order valence-electron chi connectivity index (χ0n) is 20.6. The molecule has 0 atom stereocenters. The number of methoxy groups -OCH3 is 5. The van der Waals surface area contributed by atoms with E-state index in [1.807, 2.05) is 24.3 Å². The van der Waals surface area contributed by atoms with Gasteiger partial charge in [-0.3, -0.25) is 4.79 Å². The molecule has 3 aromatic carbocycles. The Hall–Kier alpha value is -3.73. The maximum atomic E-state index is 13.8. The van der Waals surface area contributed by atoms with Gasteiger partial charge < -0.3 is 34.4 Å². The summed E-state index contributed by atoms with van der Waals surface area (Å²) in [6.07, 6.45) is 0. The van der Waals surface area contributed by atoms with Crippen molar-refractivity contribution in [3.63, 3.8) is 0 Å². The summed E-state index contributed by atoms with van der Waals surface area (Å²) in [6.45, 7) is 0. The summed E-state index contributed by atoms with van der Waals surface area (Å²) in [5, 5.41) is 0.713. The molecule has 0 spiro atoms. The van der Waals surface area contributed by atoms with Gasteiger partial charge in [-0.05, 0) is 41.5 Å². The van der Waals surface area contributed by atoms with Gasteiger partial charge >= 0.3 is 18.9 Å². The van der Waals surface area contributed by atoms with Gasteiger partial charge in [0.1, 0.15) is 11.5 Å². The van der Waals surface area contributed by atoms with Crippen LogP contribution in [0.5, 0.6) is 28.7 Å². The van der Waals surface area contributed by atoms with Crippen molar-refractivity contribution >= 4 is 22.4 Å².